The lowest BCUT2D eigenvalue weighted by molar-refractivity contribution is 0.668. The SMILES string of the molecule is Cc1cc(-c2nc(-c3ccccc3)c3ccccc3n2)c2c(c1)oc1ccc(-c3cccc4c3c3cc(-c5ccc6c(c5)c5ccccc5n6-c5ccccc5)ccc3n4-c3ccccc3)cc12. The molecule has 0 radical (unpaired) electrons. The van der Waals surface area contributed by atoms with E-state index < -0.39 is 0 Å². The van der Waals surface area contributed by atoms with Gasteiger partial charge in [-0.25, -0.2) is 9.97 Å². The minimum atomic E-state index is 0.674. The Labute approximate surface area is 391 Å². The van der Waals surface area contributed by atoms with Gasteiger partial charge in [-0.1, -0.05) is 133 Å². The predicted molar refractivity (Wildman–Crippen MR) is 282 cm³/mol. The zero-order valence-corrected chi connectivity index (χ0v) is 37.1. The summed E-state index contributed by atoms with van der Waals surface area (Å²) < 4.78 is 11.5. The van der Waals surface area contributed by atoms with Gasteiger partial charge in [0.25, 0.3) is 0 Å². The van der Waals surface area contributed by atoms with Gasteiger partial charge < -0.3 is 13.6 Å². The molecule has 0 atom stereocenters. The van der Waals surface area contributed by atoms with Gasteiger partial charge in [-0.05, 0) is 126 Å². The van der Waals surface area contributed by atoms with E-state index in [-0.39, 0.29) is 0 Å². The molecule has 0 N–H and O–H groups in total. The molecule has 5 nitrogen and oxygen atoms in total. The van der Waals surface area contributed by atoms with Crippen molar-refractivity contribution in [2.75, 3.05) is 0 Å². The van der Waals surface area contributed by atoms with Crippen molar-refractivity contribution in [3.8, 4) is 56.3 Å². The van der Waals surface area contributed by atoms with E-state index >= 15 is 0 Å². The average Bonchev–Trinajstić information content (AvgIpc) is 4.05. The highest BCUT2D eigenvalue weighted by Gasteiger charge is 2.22. The van der Waals surface area contributed by atoms with E-state index in [0.717, 1.165) is 88.8 Å². The molecule has 0 fully saturated rings. The second kappa shape index (κ2) is 15.0. The quantitative estimate of drug-likeness (QED) is 0.167. The van der Waals surface area contributed by atoms with Crippen LogP contribution in [0.5, 0.6) is 0 Å². The minimum Gasteiger partial charge on any atom is -0.456 e. The van der Waals surface area contributed by atoms with Crippen molar-refractivity contribution in [2.24, 2.45) is 0 Å². The van der Waals surface area contributed by atoms with Crippen LogP contribution in [0.1, 0.15) is 5.56 Å². The third-order valence-corrected chi connectivity index (χ3v) is 13.7. The van der Waals surface area contributed by atoms with Crippen LogP contribution in [-0.2, 0) is 0 Å². The van der Waals surface area contributed by atoms with Crippen molar-refractivity contribution in [1.29, 1.82) is 0 Å². The zero-order valence-electron chi connectivity index (χ0n) is 37.1. The maximum atomic E-state index is 6.70. The number of hydrogen-bond donors (Lipinski definition) is 0. The van der Waals surface area contributed by atoms with E-state index in [2.05, 4.69) is 228 Å². The summed E-state index contributed by atoms with van der Waals surface area (Å²) in [5, 5.41) is 7.91. The van der Waals surface area contributed by atoms with E-state index in [1.54, 1.807) is 0 Å². The van der Waals surface area contributed by atoms with Crippen LogP contribution in [-0.4, -0.2) is 19.1 Å². The van der Waals surface area contributed by atoms with Crippen LogP contribution in [0, 0.1) is 6.92 Å². The summed E-state index contributed by atoms with van der Waals surface area (Å²) in [7, 11) is 0. The molecule has 10 aromatic carbocycles. The highest BCUT2D eigenvalue weighted by Crippen LogP contribution is 2.44. The smallest absolute Gasteiger partial charge is 0.161 e. The molecule has 0 saturated heterocycles. The van der Waals surface area contributed by atoms with Gasteiger partial charge in [0.05, 0.1) is 33.3 Å². The average molecular weight is 869 g/mol. The second-order valence-corrected chi connectivity index (χ2v) is 17.8. The highest BCUT2D eigenvalue weighted by atomic mass is 16.3. The third kappa shape index (κ3) is 5.89. The van der Waals surface area contributed by atoms with E-state index in [1.165, 1.54) is 43.7 Å². The van der Waals surface area contributed by atoms with Gasteiger partial charge >= 0.3 is 0 Å². The predicted octanol–water partition coefficient (Wildman–Crippen LogP) is 16.7. The van der Waals surface area contributed by atoms with Crippen LogP contribution >= 0.6 is 0 Å². The largest absolute Gasteiger partial charge is 0.456 e. The van der Waals surface area contributed by atoms with Crippen molar-refractivity contribution in [1.82, 2.24) is 19.1 Å². The first-order valence-electron chi connectivity index (χ1n) is 23.1. The number of rotatable bonds is 6. The Hall–Kier alpha value is -9.06. The molecule has 0 saturated carbocycles. The van der Waals surface area contributed by atoms with Crippen molar-refractivity contribution < 1.29 is 4.42 Å². The summed E-state index contributed by atoms with van der Waals surface area (Å²) in [4.78, 5) is 10.5. The Morgan fingerprint density at radius 3 is 1.71 bits per heavy atom. The lowest BCUT2D eigenvalue weighted by Crippen LogP contribution is -1.96. The number of furan rings is 1. The summed E-state index contributed by atoms with van der Waals surface area (Å²) in [5.41, 5.74) is 18.1. The van der Waals surface area contributed by atoms with Crippen molar-refractivity contribution in [3.63, 3.8) is 0 Å². The van der Waals surface area contributed by atoms with E-state index in [9.17, 15) is 0 Å². The van der Waals surface area contributed by atoms with Crippen LogP contribution < -0.4 is 0 Å². The third-order valence-electron chi connectivity index (χ3n) is 13.7. The van der Waals surface area contributed by atoms with Crippen LogP contribution in [0.4, 0.5) is 0 Å². The second-order valence-electron chi connectivity index (χ2n) is 17.8. The molecule has 0 aliphatic rings. The number of para-hydroxylation sites is 4. The summed E-state index contributed by atoms with van der Waals surface area (Å²) in [6, 6.07) is 80.3. The van der Waals surface area contributed by atoms with Crippen molar-refractivity contribution >= 4 is 76.5 Å². The van der Waals surface area contributed by atoms with Gasteiger partial charge in [0.1, 0.15) is 11.2 Å². The van der Waals surface area contributed by atoms with Gasteiger partial charge in [-0.2, -0.15) is 0 Å². The number of nitrogens with zero attached hydrogens (tertiary/aromatic N) is 4. The number of hydrogen-bond acceptors (Lipinski definition) is 3. The Bertz CT molecular complexity index is 4310. The minimum absolute atomic E-state index is 0.674. The van der Waals surface area contributed by atoms with Gasteiger partial charge in [0.2, 0.25) is 0 Å². The molecule has 68 heavy (non-hydrogen) atoms. The summed E-state index contributed by atoms with van der Waals surface area (Å²) in [5.74, 6) is 0.674. The first-order chi connectivity index (χ1) is 33.6. The Morgan fingerprint density at radius 1 is 0.353 bits per heavy atom. The molecule has 4 heterocycles. The Kier molecular flexibility index (Phi) is 8.43. The number of aromatic nitrogens is 4. The molecule has 14 rings (SSSR count). The lowest BCUT2D eigenvalue weighted by Gasteiger charge is -2.11. The normalized spacial score (nSPS) is 11.9. The molecule has 0 spiro atoms. The fraction of sp³-hybridized carbons (Fsp3) is 0.0159. The first-order valence-corrected chi connectivity index (χ1v) is 23.1. The van der Waals surface area contributed by atoms with E-state index in [0.29, 0.717) is 5.82 Å². The topological polar surface area (TPSA) is 48.8 Å². The summed E-state index contributed by atoms with van der Waals surface area (Å²) >= 11 is 0. The van der Waals surface area contributed by atoms with Crippen molar-refractivity contribution in [3.05, 3.63) is 230 Å². The highest BCUT2D eigenvalue weighted by molar-refractivity contribution is 6.19. The molecular weight excluding hydrogens is 829 g/mol. The van der Waals surface area contributed by atoms with Crippen LogP contribution in [0.15, 0.2) is 229 Å². The summed E-state index contributed by atoms with van der Waals surface area (Å²) in [6.07, 6.45) is 0. The van der Waals surface area contributed by atoms with Crippen LogP contribution in [0.3, 0.4) is 0 Å². The molecule has 318 valence electrons. The standard InChI is InChI=1S/C63H40N4O/c1-39-34-52(63-64-53-25-13-11-23-48(53)62(65-63)40-16-5-2-6-17-40)61-51-38-43(30-33-58(51)68-59(61)35-39)46-24-15-27-57-60(46)50-37-42(29-32-56(50)67(57)45-20-9-4-10-21-45)41-28-31-55-49(36-41)47-22-12-14-26-54(47)66(55)44-18-7-3-8-19-44/h2-38H,1H3. The maximum Gasteiger partial charge on any atom is 0.161 e. The molecule has 5 heteroatoms. The molecule has 0 aliphatic carbocycles. The maximum absolute atomic E-state index is 6.70. The molecule has 0 bridgehead atoms. The van der Waals surface area contributed by atoms with Gasteiger partial charge in [-0.15, -0.1) is 0 Å². The zero-order chi connectivity index (χ0) is 44.9. The molecule has 0 amide bonds. The fourth-order valence-electron chi connectivity index (χ4n) is 10.8. The van der Waals surface area contributed by atoms with Gasteiger partial charge in [-0.3, -0.25) is 0 Å². The van der Waals surface area contributed by atoms with E-state index in [4.69, 9.17) is 14.4 Å². The Morgan fingerprint density at radius 2 is 0.941 bits per heavy atom. The van der Waals surface area contributed by atoms with Crippen LogP contribution in [0.2, 0.25) is 0 Å². The monoisotopic (exact) mass is 868 g/mol. The van der Waals surface area contributed by atoms with E-state index in [1.807, 2.05) is 12.1 Å². The number of aryl methyl sites for hydroxylation is 1. The van der Waals surface area contributed by atoms with Gasteiger partial charge in [0, 0.05) is 60.2 Å². The molecular formula is C63H40N4O. The number of benzene rings is 10. The molecule has 0 aliphatic heterocycles. The first kappa shape index (κ1) is 38.2. The molecule has 0 unspecified atom stereocenters. The Balaban J connectivity index is 0.984. The van der Waals surface area contributed by atoms with Crippen LogP contribution in [0.25, 0.3) is 133 Å². The molecule has 4 aromatic heterocycles. The van der Waals surface area contributed by atoms with Crippen molar-refractivity contribution in [2.45, 2.75) is 6.92 Å². The fourth-order valence-corrected chi connectivity index (χ4v) is 10.8. The number of fused-ring (bicyclic) bond motifs is 10. The van der Waals surface area contributed by atoms with Gasteiger partial charge in [0.15, 0.2) is 5.82 Å². The lowest BCUT2D eigenvalue weighted by atomic mass is 9.95. The summed E-state index contributed by atoms with van der Waals surface area (Å²) in [6.45, 7) is 2.11. The molecule has 14 aromatic rings.